The highest BCUT2D eigenvalue weighted by molar-refractivity contribution is 7.80. The van der Waals surface area contributed by atoms with Crippen LogP contribution in [0, 0.1) is 11.3 Å². The highest BCUT2D eigenvalue weighted by Crippen LogP contribution is 2.22. The molecule has 0 aliphatic rings. The van der Waals surface area contributed by atoms with Gasteiger partial charge < -0.3 is 5.11 Å². The van der Waals surface area contributed by atoms with Crippen molar-refractivity contribution in [1.29, 1.82) is 5.26 Å². The van der Waals surface area contributed by atoms with Crippen LogP contribution in [-0.2, 0) is 5.88 Å². The van der Waals surface area contributed by atoms with Crippen molar-refractivity contribution in [3.05, 3.63) is 28.8 Å². The summed E-state index contributed by atoms with van der Waals surface area (Å²) >= 11 is 9.53. The Kier molecular flexibility index (Phi) is 3.39. The van der Waals surface area contributed by atoms with Gasteiger partial charge in [-0.05, 0) is 17.7 Å². The molecule has 0 fully saturated rings. The quantitative estimate of drug-likeness (QED) is 0.602. The molecular formula is C9H6ClNO2S. The summed E-state index contributed by atoms with van der Waals surface area (Å²) in [6, 6.07) is 4.81. The summed E-state index contributed by atoms with van der Waals surface area (Å²) in [5, 5.41) is 17.5. The molecule has 0 atom stereocenters. The Labute approximate surface area is 91.3 Å². The van der Waals surface area contributed by atoms with E-state index in [-0.39, 0.29) is 21.9 Å². The van der Waals surface area contributed by atoms with Gasteiger partial charge in [0.1, 0.15) is 6.07 Å². The van der Waals surface area contributed by atoms with Gasteiger partial charge in [0, 0.05) is 10.8 Å². The second-order valence-corrected chi connectivity index (χ2v) is 3.30. The van der Waals surface area contributed by atoms with E-state index in [2.05, 4.69) is 12.6 Å². The fourth-order valence-corrected chi connectivity index (χ4v) is 1.45. The van der Waals surface area contributed by atoms with E-state index in [1.54, 1.807) is 0 Å². The van der Waals surface area contributed by atoms with Crippen LogP contribution in [0.4, 0.5) is 0 Å². The summed E-state index contributed by atoms with van der Waals surface area (Å²) in [4.78, 5) is 10.9. The molecule has 0 heterocycles. The molecule has 5 heteroatoms. The topological polar surface area (TPSA) is 61.1 Å². The number of carboxylic acid groups (broad SMARTS) is 1. The van der Waals surface area contributed by atoms with E-state index >= 15 is 0 Å². The summed E-state index contributed by atoms with van der Waals surface area (Å²) < 4.78 is 0. The number of halogens is 1. The van der Waals surface area contributed by atoms with Crippen LogP contribution < -0.4 is 0 Å². The Morgan fingerprint density at radius 2 is 2.29 bits per heavy atom. The molecule has 1 N–H and O–H groups in total. The van der Waals surface area contributed by atoms with Gasteiger partial charge in [0.05, 0.1) is 11.1 Å². The SMILES string of the molecule is N#Cc1cc(CCl)cc(C(=O)O)c1S. The minimum atomic E-state index is -1.11. The zero-order valence-corrected chi connectivity index (χ0v) is 8.64. The number of thiol groups is 1. The van der Waals surface area contributed by atoms with E-state index in [1.807, 2.05) is 6.07 Å². The van der Waals surface area contributed by atoms with Crippen LogP contribution in [0.1, 0.15) is 21.5 Å². The molecule has 14 heavy (non-hydrogen) atoms. The molecule has 72 valence electrons. The lowest BCUT2D eigenvalue weighted by Crippen LogP contribution is -2.01. The molecule has 0 radical (unpaired) electrons. The second kappa shape index (κ2) is 4.36. The number of carbonyl (C=O) groups is 1. The molecule has 0 aliphatic heterocycles. The van der Waals surface area contributed by atoms with Crippen molar-refractivity contribution in [3.8, 4) is 6.07 Å². The molecule has 0 aromatic heterocycles. The van der Waals surface area contributed by atoms with Gasteiger partial charge in [-0.25, -0.2) is 4.79 Å². The average Bonchev–Trinajstić information content (AvgIpc) is 2.17. The van der Waals surface area contributed by atoms with Crippen molar-refractivity contribution in [2.24, 2.45) is 0 Å². The minimum absolute atomic E-state index is 0.00281. The van der Waals surface area contributed by atoms with Gasteiger partial charge in [0.2, 0.25) is 0 Å². The molecule has 1 aromatic rings. The number of aromatic carboxylic acids is 1. The van der Waals surface area contributed by atoms with E-state index < -0.39 is 5.97 Å². The van der Waals surface area contributed by atoms with Gasteiger partial charge >= 0.3 is 5.97 Å². The summed E-state index contributed by atoms with van der Waals surface area (Å²) in [5.41, 5.74) is 0.824. The van der Waals surface area contributed by atoms with Crippen LogP contribution in [0.5, 0.6) is 0 Å². The Bertz CT molecular complexity index is 426. The fraction of sp³-hybridized carbons (Fsp3) is 0.111. The highest BCUT2D eigenvalue weighted by Gasteiger charge is 2.12. The monoisotopic (exact) mass is 227 g/mol. The Morgan fingerprint density at radius 3 is 2.71 bits per heavy atom. The van der Waals surface area contributed by atoms with Crippen LogP contribution in [0.25, 0.3) is 0 Å². The first-order valence-electron chi connectivity index (χ1n) is 3.65. The molecule has 0 saturated heterocycles. The third-order valence-corrected chi connectivity index (χ3v) is 2.47. The largest absolute Gasteiger partial charge is 0.478 e. The zero-order chi connectivity index (χ0) is 10.7. The third kappa shape index (κ3) is 2.00. The van der Waals surface area contributed by atoms with Crippen molar-refractivity contribution >= 4 is 30.2 Å². The first kappa shape index (κ1) is 10.9. The molecule has 0 spiro atoms. The van der Waals surface area contributed by atoms with Crippen LogP contribution in [0.2, 0.25) is 0 Å². The lowest BCUT2D eigenvalue weighted by molar-refractivity contribution is 0.0693. The highest BCUT2D eigenvalue weighted by atomic mass is 35.5. The molecule has 0 bridgehead atoms. The van der Waals surface area contributed by atoms with Crippen molar-refractivity contribution < 1.29 is 9.90 Å². The van der Waals surface area contributed by atoms with E-state index in [4.69, 9.17) is 22.0 Å². The average molecular weight is 228 g/mol. The number of rotatable bonds is 2. The van der Waals surface area contributed by atoms with Crippen LogP contribution in [0.15, 0.2) is 17.0 Å². The standard InChI is InChI=1S/C9H6ClNO2S/c10-3-5-1-6(4-11)8(14)7(2-5)9(12)13/h1-2,14H,3H2,(H,12,13). The minimum Gasteiger partial charge on any atom is -0.478 e. The van der Waals surface area contributed by atoms with Gasteiger partial charge in [0.15, 0.2) is 0 Å². The number of alkyl halides is 1. The molecule has 0 amide bonds. The first-order valence-corrected chi connectivity index (χ1v) is 4.63. The van der Waals surface area contributed by atoms with E-state index in [1.165, 1.54) is 12.1 Å². The van der Waals surface area contributed by atoms with Crippen molar-refractivity contribution in [1.82, 2.24) is 0 Å². The first-order chi connectivity index (χ1) is 6.60. The summed E-state index contributed by atoms with van der Waals surface area (Å²) in [6.07, 6.45) is 0. The van der Waals surface area contributed by atoms with Crippen molar-refractivity contribution in [2.45, 2.75) is 10.8 Å². The predicted molar refractivity (Wildman–Crippen MR) is 54.9 cm³/mol. The molecule has 3 nitrogen and oxygen atoms in total. The number of nitrogens with zero attached hydrogens (tertiary/aromatic N) is 1. The molecular weight excluding hydrogens is 222 g/mol. The van der Waals surface area contributed by atoms with Crippen molar-refractivity contribution in [3.63, 3.8) is 0 Å². The van der Waals surface area contributed by atoms with Crippen LogP contribution >= 0.6 is 24.2 Å². The number of hydrogen-bond donors (Lipinski definition) is 2. The predicted octanol–water partition coefficient (Wildman–Crippen LogP) is 2.28. The number of carboxylic acids is 1. The van der Waals surface area contributed by atoms with Gasteiger partial charge in [-0.2, -0.15) is 5.26 Å². The summed E-state index contributed by atoms with van der Waals surface area (Å²) in [6.45, 7) is 0. The number of nitriles is 1. The number of hydrogen-bond acceptors (Lipinski definition) is 3. The van der Waals surface area contributed by atoms with Gasteiger partial charge in [-0.3, -0.25) is 0 Å². The Hall–Kier alpha value is -1.18. The molecule has 1 aromatic carbocycles. The molecule has 0 aliphatic carbocycles. The zero-order valence-electron chi connectivity index (χ0n) is 6.99. The second-order valence-electron chi connectivity index (χ2n) is 2.59. The maximum atomic E-state index is 10.8. The lowest BCUT2D eigenvalue weighted by Gasteiger charge is -2.04. The summed E-state index contributed by atoms with van der Waals surface area (Å²) in [7, 11) is 0. The molecule has 0 saturated carbocycles. The molecule has 0 unspecified atom stereocenters. The van der Waals surface area contributed by atoms with Crippen LogP contribution in [0.3, 0.4) is 0 Å². The van der Waals surface area contributed by atoms with Gasteiger partial charge in [-0.15, -0.1) is 24.2 Å². The fourth-order valence-electron chi connectivity index (χ4n) is 1.02. The Balaban J connectivity index is 3.44. The maximum Gasteiger partial charge on any atom is 0.336 e. The van der Waals surface area contributed by atoms with E-state index in [0.29, 0.717) is 5.56 Å². The van der Waals surface area contributed by atoms with E-state index in [0.717, 1.165) is 0 Å². The summed E-state index contributed by atoms with van der Waals surface area (Å²) in [5.74, 6) is -0.943. The maximum absolute atomic E-state index is 10.8. The van der Waals surface area contributed by atoms with E-state index in [9.17, 15) is 4.79 Å². The third-order valence-electron chi connectivity index (χ3n) is 1.67. The lowest BCUT2D eigenvalue weighted by atomic mass is 10.1. The Morgan fingerprint density at radius 1 is 1.64 bits per heavy atom. The number of benzene rings is 1. The molecule has 1 rings (SSSR count). The van der Waals surface area contributed by atoms with Crippen LogP contribution in [-0.4, -0.2) is 11.1 Å². The smallest absolute Gasteiger partial charge is 0.336 e. The van der Waals surface area contributed by atoms with Gasteiger partial charge in [0.25, 0.3) is 0 Å². The normalized spacial score (nSPS) is 9.50. The van der Waals surface area contributed by atoms with Gasteiger partial charge in [-0.1, -0.05) is 0 Å². The van der Waals surface area contributed by atoms with Crippen molar-refractivity contribution in [2.75, 3.05) is 0 Å².